The number of hydrogen-bond acceptors (Lipinski definition) is 4. The summed E-state index contributed by atoms with van der Waals surface area (Å²) in [6, 6.07) is 8.21. The van der Waals surface area contributed by atoms with Crippen LogP contribution >= 0.6 is 15.9 Å². The van der Waals surface area contributed by atoms with Gasteiger partial charge in [0.25, 0.3) is 0 Å². The molecule has 0 fully saturated rings. The van der Waals surface area contributed by atoms with Crippen LogP contribution in [0, 0.1) is 13.8 Å². The van der Waals surface area contributed by atoms with Gasteiger partial charge >= 0.3 is 0 Å². The highest BCUT2D eigenvalue weighted by atomic mass is 79.9. The molecule has 1 aromatic carbocycles. The molecule has 0 unspecified atom stereocenters. The molecule has 0 atom stereocenters. The van der Waals surface area contributed by atoms with E-state index in [1.165, 1.54) is 0 Å². The van der Waals surface area contributed by atoms with E-state index in [9.17, 15) is 0 Å². The van der Waals surface area contributed by atoms with E-state index >= 15 is 0 Å². The summed E-state index contributed by atoms with van der Waals surface area (Å²) in [5, 5.41) is 3.35. The van der Waals surface area contributed by atoms with Crippen molar-refractivity contribution in [2.45, 2.75) is 40.5 Å². The van der Waals surface area contributed by atoms with Gasteiger partial charge in [0.1, 0.15) is 5.82 Å². The summed E-state index contributed by atoms with van der Waals surface area (Å²) in [5.74, 6) is 1.65. The molecule has 0 aliphatic carbocycles. The van der Waals surface area contributed by atoms with Crippen LogP contribution in [-0.2, 0) is 0 Å². The molecule has 0 amide bonds. The van der Waals surface area contributed by atoms with Crippen molar-refractivity contribution in [1.82, 2.24) is 9.97 Å². The first-order valence-corrected chi connectivity index (χ1v) is 8.96. The molecule has 0 aliphatic heterocycles. The van der Waals surface area contributed by atoms with Crippen molar-refractivity contribution in [1.29, 1.82) is 0 Å². The SMILES string of the molecule is CCCN(CCC)c1cc(C)nc(Nc2ccc(Br)cc2C)n1. The minimum atomic E-state index is 0.655. The summed E-state index contributed by atoms with van der Waals surface area (Å²) in [4.78, 5) is 11.6. The van der Waals surface area contributed by atoms with E-state index in [1.54, 1.807) is 0 Å². The summed E-state index contributed by atoms with van der Waals surface area (Å²) in [7, 11) is 0. The maximum atomic E-state index is 4.72. The molecule has 0 bridgehead atoms. The third-order valence-corrected chi connectivity index (χ3v) is 4.08. The van der Waals surface area contributed by atoms with E-state index in [0.717, 1.165) is 53.2 Å². The lowest BCUT2D eigenvalue weighted by molar-refractivity contribution is 0.732. The number of benzene rings is 1. The van der Waals surface area contributed by atoms with Crippen LogP contribution in [0.3, 0.4) is 0 Å². The van der Waals surface area contributed by atoms with Crippen molar-refractivity contribution in [2.75, 3.05) is 23.3 Å². The van der Waals surface area contributed by atoms with Crippen LogP contribution in [0.1, 0.15) is 37.9 Å². The standard InChI is InChI=1S/C18H25BrN4/c1-5-9-23(10-6-2)17-12-14(4)20-18(22-17)21-16-8-7-15(19)11-13(16)3/h7-8,11-12H,5-6,9-10H2,1-4H3,(H,20,21,22). The highest BCUT2D eigenvalue weighted by Crippen LogP contribution is 2.24. The van der Waals surface area contributed by atoms with Gasteiger partial charge in [0, 0.05) is 35.0 Å². The Morgan fingerprint density at radius 3 is 2.35 bits per heavy atom. The predicted molar refractivity (Wildman–Crippen MR) is 102 cm³/mol. The van der Waals surface area contributed by atoms with Crippen LogP contribution in [-0.4, -0.2) is 23.1 Å². The van der Waals surface area contributed by atoms with Gasteiger partial charge in [-0.1, -0.05) is 29.8 Å². The van der Waals surface area contributed by atoms with Gasteiger partial charge in [0.15, 0.2) is 0 Å². The second-order valence-corrected chi connectivity index (χ2v) is 6.68. The van der Waals surface area contributed by atoms with Gasteiger partial charge in [-0.05, 0) is 50.5 Å². The molecular formula is C18H25BrN4. The summed E-state index contributed by atoms with van der Waals surface area (Å²) in [5.41, 5.74) is 3.16. The number of hydrogen-bond donors (Lipinski definition) is 1. The van der Waals surface area contributed by atoms with Crippen molar-refractivity contribution in [2.24, 2.45) is 0 Å². The molecule has 23 heavy (non-hydrogen) atoms. The van der Waals surface area contributed by atoms with Crippen LogP contribution < -0.4 is 10.2 Å². The van der Waals surface area contributed by atoms with Gasteiger partial charge in [0.2, 0.25) is 5.95 Å². The Morgan fingerprint density at radius 1 is 1.04 bits per heavy atom. The summed E-state index contributed by atoms with van der Waals surface area (Å²) < 4.78 is 1.07. The van der Waals surface area contributed by atoms with Gasteiger partial charge in [-0.3, -0.25) is 0 Å². The number of anilines is 3. The Hall–Kier alpha value is -1.62. The van der Waals surface area contributed by atoms with Crippen LogP contribution in [0.2, 0.25) is 0 Å². The summed E-state index contributed by atoms with van der Waals surface area (Å²) >= 11 is 3.49. The topological polar surface area (TPSA) is 41.1 Å². The summed E-state index contributed by atoms with van der Waals surface area (Å²) in [6.45, 7) is 10.5. The fourth-order valence-electron chi connectivity index (χ4n) is 2.54. The largest absolute Gasteiger partial charge is 0.356 e. The molecule has 2 aromatic rings. The lowest BCUT2D eigenvalue weighted by Gasteiger charge is -2.23. The van der Waals surface area contributed by atoms with E-state index in [-0.39, 0.29) is 0 Å². The molecule has 0 saturated heterocycles. The van der Waals surface area contributed by atoms with Crippen LogP contribution in [0.4, 0.5) is 17.5 Å². The van der Waals surface area contributed by atoms with Crippen molar-refractivity contribution in [3.05, 3.63) is 40.0 Å². The number of nitrogens with zero attached hydrogens (tertiary/aromatic N) is 3. The molecule has 124 valence electrons. The molecule has 0 spiro atoms. The molecule has 5 heteroatoms. The monoisotopic (exact) mass is 376 g/mol. The van der Waals surface area contributed by atoms with Crippen molar-refractivity contribution in [3.63, 3.8) is 0 Å². The zero-order valence-corrected chi connectivity index (χ0v) is 15.9. The summed E-state index contributed by atoms with van der Waals surface area (Å²) in [6.07, 6.45) is 2.22. The molecular weight excluding hydrogens is 352 g/mol. The van der Waals surface area contributed by atoms with Gasteiger partial charge in [-0.15, -0.1) is 0 Å². The lowest BCUT2D eigenvalue weighted by Crippen LogP contribution is -2.26. The Balaban J connectivity index is 2.28. The Labute approximate surface area is 147 Å². The zero-order chi connectivity index (χ0) is 16.8. The van der Waals surface area contributed by atoms with Crippen LogP contribution in [0.25, 0.3) is 0 Å². The average Bonchev–Trinajstić information content (AvgIpc) is 2.49. The highest BCUT2D eigenvalue weighted by molar-refractivity contribution is 9.10. The number of aryl methyl sites for hydroxylation is 2. The van der Waals surface area contributed by atoms with Crippen LogP contribution in [0.15, 0.2) is 28.7 Å². The highest BCUT2D eigenvalue weighted by Gasteiger charge is 2.10. The van der Waals surface area contributed by atoms with Crippen molar-refractivity contribution < 1.29 is 0 Å². The van der Waals surface area contributed by atoms with Gasteiger partial charge < -0.3 is 10.2 Å². The lowest BCUT2D eigenvalue weighted by atomic mass is 10.2. The fourth-order valence-corrected chi connectivity index (χ4v) is 3.01. The quantitative estimate of drug-likeness (QED) is 0.718. The third-order valence-electron chi connectivity index (χ3n) is 3.59. The second kappa shape index (κ2) is 8.29. The molecule has 0 saturated carbocycles. The van der Waals surface area contributed by atoms with Gasteiger partial charge in [0.05, 0.1) is 0 Å². The third kappa shape index (κ3) is 4.93. The Bertz CT molecular complexity index is 651. The smallest absolute Gasteiger partial charge is 0.229 e. The second-order valence-electron chi connectivity index (χ2n) is 5.76. The van der Waals surface area contributed by atoms with E-state index in [4.69, 9.17) is 4.98 Å². The first-order chi connectivity index (χ1) is 11.0. The average molecular weight is 377 g/mol. The maximum absolute atomic E-state index is 4.72. The normalized spacial score (nSPS) is 10.7. The Kier molecular flexibility index (Phi) is 6.39. The molecule has 1 N–H and O–H groups in total. The molecule has 0 radical (unpaired) electrons. The molecule has 1 heterocycles. The molecule has 4 nitrogen and oxygen atoms in total. The Morgan fingerprint density at radius 2 is 1.74 bits per heavy atom. The van der Waals surface area contributed by atoms with E-state index in [2.05, 4.69) is 64.0 Å². The maximum Gasteiger partial charge on any atom is 0.229 e. The number of aromatic nitrogens is 2. The molecule has 1 aromatic heterocycles. The molecule has 0 aliphatic rings. The predicted octanol–water partition coefficient (Wildman–Crippen LogP) is 5.23. The molecule has 2 rings (SSSR count). The van der Waals surface area contributed by atoms with Crippen molar-refractivity contribution >= 4 is 33.4 Å². The van der Waals surface area contributed by atoms with E-state index < -0.39 is 0 Å². The van der Waals surface area contributed by atoms with Gasteiger partial charge in [-0.25, -0.2) is 4.98 Å². The number of nitrogens with one attached hydrogen (secondary N) is 1. The first kappa shape index (κ1) is 17.7. The van der Waals surface area contributed by atoms with Gasteiger partial charge in [-0.2, -0.15) is 4.98 Å². The minimum Gasteiger partial charge on any atom is -0.356 e. The zero-order valence-electron chi connectivity index (χ0n) is 14.4. The minimum absolute atomic E-state index is 0.655. The van der Waals surface area contributed by atoms with Crippen molar-refractivity contribution in [3.8, 4) is 0 Å². The fraction of sp³-hybridized carbons (Fsp3) is 0.444. The number of halogens is 1. The number of rotatable bonds is 7. The van der Waals surface area contributed by atoms with Crippen LogP contribution in [0.5, 0.6) is 0 Å². The first-order valence-electron chi connectivity index (χ1n) is 8.17. The van der Waals surface area contributed by atoms with E-state index in [1.807, 2.05) is 19.1 Å². The van der Waals surface area contributed by atoms with E-state index in [0.29, 0.717) is 5.95 Å².